The van der Waals surface area contributed by atoms with E-state index in [-0.39, 0.29) is 28.3 Å². The summed E-state index contributed by atoms with van der Waals surface area (Å²) in [7, 11) is -2.12. The molecule has 3 heterocycles. The van der Waals surface area contributed by atoms with Gasteiger partial charge in [-0.3, -0.25) is 19.4 Å². The highest BCUT2D eigenvalue weighted by molar-refractivity contribution is 7.80. The van der Waals surface area contributed by atoms with Crippen molar-refractivity contribution in [2.24, 2.45) is 0 Å². The van der Waals surface area contributed by atoms with E-state index < -0.39 is 8.07 Å². The Labute approximate surface area is 220 Å². The molecule has 0 saturated carbocycles. The van der Waals surface area contributed by atoms with Crippen LogP contribution in [0.1, 0.15) is 18.7 Å². The van der Waals surface area contributed by atoms with Crippen LogP contribution in [0.5, 0.6) is 0 Å². The number of carbonyl (C=O) groups excluding carboxylic acids is 2. The summed E-state index contributed by atoms with van der Waals surface area (Å²) in [5.41, 5.74) is 2.16. The number of nitrogens with zero attached hydrogens (tertiary/aromatic N) is 3. The lowest BCUT2D eigenvalue weighted by atomic mass is 10.1. The van der Waals surface area contributed by atoms with E-state index in [2.05, 4.69) is 30.1 Å². The summed E-state index contributed by atoms with van der Waals surface area (Å²) >= 11 is 6.85. The van der Waals surface area contributed by atoms with E-state index in [1.165, 1.54) is 32.4 Å². The Morgan fingerprint density at radius 3 is 2.22 bits per heavy atom. The smallest absolute Gasteiger partial charge is 0.265 e. The lowest BCUT2D eigenvalue weighted by molar-refractivity contribution is -0.133. The van der Waals surface area contributed by atoms with E-state index in [1.54, 1.807) is 12.1 Å². The summed E-state index contributed by atoms with van der Waals surface area (Å²) < 4.78 is 14.3. The molecule has 5 rings (SSSR count). The number of hydrogen-bond donors (Lipinski definition) is 0. The molecule has 2 amide bonds. The second-order valence-corrected chi connectivity index (χ2v) is 15.0. The van der Waals surface area contributed by atoms with Gasteiger partial charge in [-0.25, -0.2) is 4.39 Å². The van der Waals surface area contributed by atoms with Gasteiger partial charge in [0.15, 0.2) is 5.11 Å². The van der Waals surface area contributed by atoms with E-state index in [0.717, 1.165) is 26.4 Å². The normalized spacial score (nSPS) is 16.9. The Morgan fingerprint density at radius 1 is 0.917 bits per heavy atom. The number of hydrogen-bond acceptors (Lipinski definition) is 5. The van der Waals surface area contributed by atoms with Gasteiger partial charge in [0.25, 0.3) is 11.8 Å². The minimum atomic E-state index is -2.12. The molecule has 0 bridgehead atoms. The zero-order valence-corrected chi connectivity index (χ0v) is 23.2. The van der Waals surface area contributed by atoms with Crippen molar-refractivity contribution in [3.05, 3.63) is 70.9 Å². The number of para-hydroxylation sites is 1. The Balaban J connectivity index is 1.61. The quantitative estimate of drug-likeness (QED) is 0.207. The molecule has 2 aromatic carbocycles. The monoisotopic (exact) mass is 535 g/mol. The lowest BCUT2D eigenvalue weighted by Crippen LogP contribution is -2.58. The highest BCUT2D eigenvalue weighted by Gasteiger charge is 2.40. The molecule has 0 aliphatic carbocycles. The number of likely N-dealkylation sites (N-methyl/N-ethyl adjacent to an activating group) is 2. The van der Waals surface area contributed by atoms with Gasteiger partial charge < -0.3 is 4.90 Å². The molecule has 0 spiro atoms. The first-order chi connectivity index (χ1) is 17.2. The average molecular weight is 536 g/mol. The maximum Gasteiger partial charge on any atom is 0.265 e. The van der Waals surface area contributed by atoms with Crippen LogP contribution in [-0.2, 0) is 9.59 Å². The maximum atomic E-state index is 14.3. The Kier molecular flexibility index (Phi) is 6.18. The number of amides is 2. The second kappa shape index (κ2) is 9.06. The van der Waals surface area contributed by atoms with E-state index in [1.807, 2.05) is 44.2 Å². The van der Waals surface area contributed by atoms with Crippen LogP contribution in [0.4, 0.5) is 20.8 Å². The van der Waals surface area contributed by atoms with Crippen LogP contribution in [0, 0.1) is 5.82 Å². The molecular weight excluding hydrogens is 510 g/mol. The van der Waals surface area contributed by atoms with Crippen molar-refractivity contribution in [2.45, 2.75) is 26.9 Å². The molecule has 0 radical (unpaired) electrons. The lowest BCUT2D eigenvalue weighted by Gasteiger charge is -2.40. The van der Waals surface area contributed by atoms with Gasteiger partial charge >= 0.3 is 0 Å². The minimum absolute atomic E-state index is 0.107. The predicted octanol–water partition coefficient (Wildman–Crippen LogP) is 4.87. The van der Waals surface area contributed by atoms with Gasteiger partial charge in [0.05, 0.1) is 0 Å². The van der Waals surface area contributed by atoms with Gasteiger partial charge in [-0.05, 0) is 78.9 Å². The van der Waals surface area contributed by atoms with Crippen LogP contribution in [0.25, 0.3) is 6.08 Å². The SMILES string of the molecule is CCN1C(=O)C(=Cc2ccc(N3c4ccccc4[Si](C)(C)c4cc(F)ccc43)s2)C(=O)N(CC)C1=S. The summed E-state index contributed by atoms with van der Waals surface area (Å²) in [5, 5.41) is 3.45. The number of thiocarbonyl (C=S) groups is 1. The molecular formula is C27H26FN3O2S2Si. The third-order valence-electron chi connectivity index (χ3n) is 6.86. The molecule has 0 N–H and O–H groups in total. The molecule has 5 nitrogen and oxygen atoms in total. The number of fused-ring (bicyclic) bond motifs is 2. The molecule has 9 heteroatoms. The van der Waals surface area contributed by atoms with Crippen LogP contribution in [0.2, 0.25) is 13.1 Å². The fraction of sp³-hybridized carbons (Fsp3) is 0.222. The zero-order valence-electron chi connectivity index (χ0n) is 20.5. The van der Waals surface area contributed by atoms with Gasteiger partial charge in [0, 0.05) is 29.3 Å². The van der Waals surface area contributed by atoms with Crippen LogP contribution < -0.4 is 15.3 Å². The largest absolute Gasteiger partial charge is 0.302 e. The number of rotatable bonds is 4. The number of anilines is 3. The zero-order chi connectivity index (χ0) is 25.8. The molecule has 0 atom stereocenters. The van der Waals surface area contributed by atoms with Crippen LogP contribution in [0.15, 0.2) is 60.2 Å². The Hall–Kier alpha value is -3.14. The van der Waals surface area contributed by atoms with Gasteiger partial charge in [-0.1, -0.05) is 31.3 Å². The van der Waals surface area contributed by atoms with Crippen molar-refractivity contribution in [1.29, 1.82) is 0 Å². The van der Waals surface area contributed by atoms with Crippen LogP contribution >= 0.6 is 23.6 Å². The number of thiophene rings is 1. The number of halogens is 1. The van der Waals surface area contributed by atoms with E-state index >= 15 is 0 Å². The van der Waals surface area contributed by atoms with Crippen molar-refractivity contribution in [2.75, 3.05) is 18.0 Å². The topological polar surface area (TPSA) is 43.9 Å². The second-order valence-electron chi connectivity index (χ2n) is 9.25. The van der Waals surface area contributed by atoms with Gasteiger partial charge in [-0.2, -0.15) is 0 Å². The first-order valence-electron chi connectivity index (χ1n) is 11.9. The summed E-state index contributed by atoms with van der Waals surface area (Å²) in [4.78, 5) is 32.0. The van der Waals surface area contributed by atoms with Crippen LogP contribution in [-0.4, -0.2) is 47.9 Å². The van der Waals surface area contributed by atoms with Gasteiger partial charge in [-0.15, -0.1) is 11.3 Å². The summed E-state index contributed by atoms with van der Waals surface area (Å²) in [6, 6.07) is 17.2. The van der Waals surface area contributed by atoms with E-state index in [9.17, 15) is 14.0 Å². The number of benzene rings is 2. The highest BCUT2D eigenvalue weighted by atomic mass is 32.1. The molecule has 2 aliphatic heterocycles. The first kappa shape index (κ1) is 24.5. The standard InChI is InChI=1S/C27H26FN3O2S2Si/c1-5-29-25(32)19(26(33)30(6-2)27(29)34)16-18-12-14-24(35-18)31-20-9-7-8-10-22(20)36(3,4)23-15-17(28)11-13-21(23)31/h7-16H,5-6H2,1-4H3. The first-order valence-corrected chi connectivity index (χ1v) is 16.1. The highest BCUT2D eigenvalue weighted by Crippen LogP contribution is 2.42. The molecule has 1 fully saturated rings. The van der Waals surface area contributed by atoms with Crippen molar-refractivity contribution in [3.63, 3.8) is 0 Å². The van der Waals surface area contributed by atoms with Crippen molar-refractivity contribution >= 4 is 81.4 Å². The van der Waals surface area contributed by atoms with Crippen LogP contribution in [0.3, 0.4) is 0 Å². The van der Waals surface area contributed by atoms with Gasteiger partial charge in [0.1, 0.15) is 24.5 Å². The Morgan fingerprint density at radius 2 is 1.56 bits per heavy atom. The fourth-order valence-electron chi connectivity index (χ4n) is 4.98. The molecule has 2 aliphatic rings. The Bertz CT molecular complexity index is 1420. The third kappa shape index (κ3) is 3.73. The maximum absolute atomic E-state index is 14.3. The van der Waals surface area contributed by atoms with E-state index in [0.29, 0.717) is 13.1 Å². The molecule has 184 valence electrons. The predicted molar refractivity (Wildman–Crippen MR) is 151 cm³/mol. The summed E-state index contributed by atoms with van der Waals surface area (Å²) in [6.07, 6.45) is 1.66. The number of carbonyl (C=O) groups is 2. The molecule has 3 aromatic rings. The molecule has 1 aromatic heterocycles. The van der Waals surface area contributed by atoms with Crippen molar-refractivity contribution in [1.82, 2.24) is 9.80 Å². The average Bonchev–Trinajstić information content (AvgIpc) is 3.31. The molecule has 0 unspecified atom stereocenters. The fourth-order valence-corrected chi connectivity index (χ4v) is 9.35. The van der Waals surface area contributed by atoms with Crippen molar-refractivity contribution < 1.29 is 14.0 Å². The third-order valence-corrected chi connectivity index (χ3v) is 11.8. The summed E-state index contributed by atoms with van der Waals surface area (Å²) in [5.74, 6) is -0.980. The van der Waals surface area contributed by atoms with Crippen molar-refractivity contribution in [3.8, 4) is 0 Å². The van der Waals surface area contributed by atoms with E-state index in [4.69, 9.17) is 12.2 Å². The minimum Gasteiger partial charge on any atom is -0.302 e. The molecule has 36 heavy (non-hydrogen) atoms. The molecule has 1 saturated heterocycles. The summed E-state index contributed by atoms with van der Waals surface area (Å²) in [6.45, 7) is 8.96. The van der Waals surface area contributed by atoms with Gasteiger partial charge in [0.2, 0.25) is 0 Å².